The Labute approximate surface area is 204 Å². The van der Waals surface area contributed by atoms with Crippen LogP contribution in [0.2, 0.25) is 0 Å². The number of rotatable bonds is 6. The van der Waals surface area contributed by atoms with Gasteiger partial charge in [0.25, 0.3) is 5.56 Å². The Hall–Kier alpha value is -3.75. The van der Waals surface area contributed by atoms with Gasteiger partial charge in [0.05, 0.1) is 12.3 Å². The SMILES string of the molecule is CC1CN(c2ccc(Nc3ncc4ccc(=O)n(-c5ccccc5)c4n3)cc2)CC(C)N1CCO. The number of piperazine rings is 1. The van der Waals surface area contributed by atoms with Gasteiger partial charge in [-0.25, -0.2) is 4.98 Å². The normalized spacial score (nSPS) is 18.7. The summed E-state index contributed by atoms with van der Waals surface area (Å²) in [5.74, 6) is 0.431. The van der Waals surface area contributed by atoms with Crippen LogP contribution < -0.4 is 15.8 Å². The van der Waals surface area contributed by atoms with Gasteiger partial charge in [0.2, 0.25) is 5.95 Å². The van der Waals surface area contributed by atoms with Gasteiger partial charge in [-0.1, -0.05) is 18.2 Å². The molecule has 4 aromatic rings. The van der Waals surface area contributed by atoms with E-state index in [0.29, 0.717) is 30.2 Å². The average molecular weight is 471 g/mol. The summed E-state index contributed by atoms with van der Waals surface area (Å²) in [6.07, 6.45) is 1.73. The molecule has 0 spiro atoms. The molecular weight excluding hydrogens is 440 g/mol. The standard InChI is InChI=1S/C27H30N6O2/c1-19-17-31(18-20(2)32(19)14-15-34)23-11-9-22(10-12-23)29-27-28-16-21-8-13-25(35)33(26(21)30-27)24-6-4-3-5-7-24/h3-13,16,19-20,34H,14-15,17-18H2,1-2H3,(H,28,29,30). The van der Waals surface area contributed by atoms with Crippen molar-refractivity contribution < 1.29 is 5.11 Å². The molecule has 180 valence electrons. The smallest absolute Gasteiger partial charge is 0.256 e. The van der Waals surface area contributed by atoms with Crippen LogP contribution >= 0.6 is 0 Å². The highest BCUT2D eigenvalue weighted by Gasteiger charge is 2.28. The first kappa shape index (κ1) is 23.0. The van der Waals surface area contributed by atoms with Crippen LogP contribution in [-0.4, -0.2) is 62.9 Å². The number of aromatic nitrogens is 3. The van der Waals surface area contributed by atoms with Gasteiger partial charge < -0.3 is 15.3 Å². The molecule has 0 amide bonds. The Bertz CT molecular complexity index is 1340. The number of nitrogens with one attached hydrogen (secondary N) is 1. The highest BCUT2D eigenvalue weighted by molar-refractivity contribution is 5.77. The highest BCUT2D eigenvalue weighted by Crippen LogP contribution is 2.25. The molecule has 0 aliphatic carbocycles. The fourth-order valence-corrected chi connectivity index (χ4v) is 4.91. The predicted molar refractivity (Wildman–Crippen MR) is 140 cm³/mol. The second-order valence-corrected chi connectivity index (χ2v) is 9.05. The molecule has 0 radical (unpaired) electrons. The van der Waals surface area contributed by atoms with Gasteiger partial charge in [-0.2, -0.15) is 4.98 Å². The Morgan fingerprint density at radius 1 is 0.943 bits per heavy atom. The number of para-hydroxylation sites is 1. The minimum Gasteiger partial charge on any atom is -0.395 e. The summed E-state index contributed by atoms with van der Waals surface area (Å²) in [5, 5.41) is 13.4. The number of aliphatic hydroxyl groups excluding tert-OH is 1. The zero-order valence-electron chi connectivity index (χ0n) is 20.0. The highest BCUT2D eigenvalue weighted by atomic mass is 16.3. The van der Waals surface area contributed by atoms with Gasteiger partial charge in [-0.05, 0) is 56.3 Å². The monoisotopic (exact) mass is 470 g/mol. The molecule has 1 aliphatic heterocycles. The summed E-state index contributed by atoms with van der Waals surface area (Å²) in [4.78, 5) is 26.5. The molecular formula is C27H30N6O2. The molecule has 35 heavy (non-hydrogen) atoms. The van der Waals surface area contributed by atoms with Crippen molar-refractivity contribution in [2.24, 2.45) is 0 Å². The quantitative estimate of drug-likeness (QED) is 0.447. The van der Waals surface area contributed by atoms with Crippen molar-refractivity contribution in [1.82, 2.24) is 19.4 Å². The third-order valence-corrected chi connectivity index (χ3v) is 6.60. The van der Waals surface area contributed by atoms with Crippen LogP contribution in [0.25, 0.3) is 16.7 Å². The minimum absolute atomic E-state index is 0.139. The predicted octanol–water partition coefficient (Wildman–Crippen LogP) is 3.42. The maximum Gasteiger partial charge on any atom is 0.256 e. The van der Waals surface area contributed by atoms with E-state index in [0.717, 1.165) is 35.5 Å². The Kier molecular flexibility index (Phi) is 6.48. The third kappa shape index (κ3) is 4.76. The molecule has 8 nitrogen and oxygen atoms in total. The first-order chi connectivity index (χ1) is 17.0. The van der Waals surface area contributed by atoms with Gasteiger partial charge in [0, 0.05) is 60.7 Å². The van der Waals surface area contributed by atoms with E-state index in [1.807, 2.05) is 42.5 Å². The van der Waals surface area contributed by atoms with Crippen molar-refractivity contribution in [1.29, 1.82) is 0 Å². The molecule has 3 heterocycles. The fraction of sp³-hybridized carbons (Fsp3) is 0.296. The maximum atomic E-state index is 12.7. The lowest BCUT2D eigenvalue weighted by Crippen LogP contribution is -2.57. The van der Waals surface area contributed by atoms with Gasteiger partial charge in [0.1, 0.15) is 0 Å². The van der Waals surface area contributed by atoms with Crippen LogP contribution in [0, 0.1) is 0 Å². The summed E-state index contributed by atoms with van der Waals surface area (Å²) < 4.78 is 1.60. The van der Waals surface area contributed by atoms with Crippen LogP contribution in [0.3, 0.4) is 0 Å². The van der Waals surface area contributed by atoms with Crippen molar-refractivity contribution in [3.05, 3.63) is 83.3 Å². The van der Waals surface area contributed by atoms with Crippen molar-refractivity contribution in [3.63, 3.8) is 0 Å². The second kappa shape index (κ2) is 9.85. The number of nitrogens with zero attached hydrogens (tertiary/aromatic N) is 5. The maximum absolute atomic E-state index is 12.7. The lowest BCUT2D eigenvalue weighted by Gasteiger charge is -2.45. The van der Waals surface area contributed by atoms with Crippen LogP contribution in [0.4, 0.5) is 17.3 Å². The number of anilines is 3. The fourth-order valence-electron chi connectivity index (χ4n) is 4.91. The van der Waals surface area contributed by atoms with Gasteiger partial charge in [0.15, 0.2) is 5.65 Å². The lowest BCUT2D eigenvalue weighted by atomic mass is 10.1. The number of aliphatic hydroxyl groups is 1. The Morgan fingerprint density at radius 3 is 2.34 bits per heavy atom. The van der Waals surface area contributed by atoms with Gasteiger partial charge in [-0.15, -0.1) is 0 Å². The number of hydrogen-bond donors (Lipinski definition) is 2. The molecule has 1 saturated heterocycles. The van der Waals surface area contributed by atoms with Crippen molar-refractivity contribution in [3.8, 4) is 5.69 Å². The summed E-state index contributed by atoms with van der Waals surface area (Å²) >= 11 is 0. The van der Waals surface area contributed by atoms with Crippen LogP contribution in [0.1, 0.15) is 13.8 Å². The molecule has 2 unspecified atom stereocenters. The van der Waals surface area contributed by atoms with Crippen molar-refractivity contribution in [2.45, 2.75) is 25.9 Å². The molecule has 1 fully saturated rings. The molecule has 2 atom stereocenters. The lowest BCUT2D eigenvalue weighted by molar-refractivity contribution is 0.103. The zero-order chi connectivity index (χ0) is 24.4. The number of benzene rings is 2. The topological polar surface area (TPSA) is 86.5 Å². The van der Waals surface area contributed by atoms with Gasteiger partial charge in [-0.3, -0.25) is 14.3 Å². The number of β-amino-alcohol motifs (C(OH)–C–C–N with tert-alkyl or cyclic N) is 1. The van der Waals surface area contributed by atoms with E-state index in [-0.39, 0.29) is 12.2 Å². The number of hydrogen-bond acceptors (Lipinski definition) is 7. The van der Waals surface area contributed by atoms with E-state index in [9.17, 15) is 9.90 Å². The van der Waals surface area contributed by atoms with E-state index >= 15 is 0 Å². The van der Waals surface area contributed by atoms with Crippen molar-refractivity contribution >= 4 is 28.4 Å². The number of pyridine rings is 1. The molecule has 0 bridgehead atoms. The first-order valence-electron chi connectivity index (χ1n) is 12.0. The van der Waals surface area contributed by atoms with Gasteiger partial charge >= 0.3 is 0 Å². The van der Waals surface area contributed by atoms with E-state index < -0.39 is 0 Å². The molecule has 5 rings (SSSR count). The largest absolute Gasteiger partial charge is 0.395 e. The molecule has 2 aromatic carbocycles. The number of fused-ring (bicyclic) bond motifs is 1. The molecule has 2 aromatic heterocycles. The van der Waals surface area contributed by atoms with Crippen LogP contribution in [-0.2, 0) is 0 Å². The summed E-state index contributed by atoms with van der Waals surface area (Å²) in [6.45, 7) is 7.15. The van der Waals surface area contributed by atoms with Crippen LogP contribution in [0.5, 0.6) is 0 Å². The molecule has 2 N–H and O–H groups in total. The van der Waals surface area contributed by atoms with E-state index in [4.69, 9.17) is 0 Å². The molecule has 0 saturated carbocycles. The van der Waals surface area contributed by atoms with E-state index in [1.54, 1.807) is 16.8 Å². The zero-order valence-corrected chi connectivity index (χ0v) is 20.0. The minimum atomic E-state index is -0.139. The summed E-state index contributed by atoms with van der Waals surface area (Å²) in [7, 11) is 0. The Morgan fingerprint density at radius 2 is 1.66 bits per heavy atom. The second-order valence-electron chi connectivity index (χ2n) is 9.05. The van der Waals surface area contributed by atoms with E-state index in [2.05, 4.69) is 51.1 Å². The van der Waals surface area contributed by atoms with E-state index in [1.165, 1.54) is 6.07 Å². The Balaban J connectivity index is 1.37. The first-order valence-corrected chi connectivity index (χ1v) is 12.0. The van der Waals surface area contributed by atoms with Crippen molar-refractivity contribution in [2.75, 3.05) is 36.5 Å². The molecule has 8 heteroatoms. The summed E-state index contributed by atoms with van der Waals surface area (Å²) in [6, 6.07) is 21.8. The average Bonchev–Trinajstić information content (AvgIpc) is 2.87. The summed E-state index contributed by atoms with van der Waals surface area (Å²) in [5.41, 5.74) is 3.22. The third-order valence-electron chi connectivity index (χ3n) is 6.60. The van der Waals surface area contributed by atoms with Crippen LogP contribution in [0.15, 0.2) is 77.7 Å². The molecule has 1 aliphatic rings.